The lowest BCUT2D eigenvalue weighted by Crippen LogP contribution is -2.14. The summed E-state index contributed by atoms with van der Waals surface area (Å²) >= 11 is 7.97. The van der Waals surface area contributed by atoms with Crippen molar-refractivity contribution in [2.24, 2.45) is 0 Å². The Balaban J connectivity index is 1.67. The van der Waals surface area contributed by atoms with Crippen molar-refractivity contribution in [1.82, 2.24) is 9.97 Å². The van der Waals surface area contributed by atoms with E-state index in [0.717, 1.165) is 26.5 Å². The SMILES string of the molecule is Cc1ccc(C(=O)Nc2ccc(Cl)c(-c3nc4ccccc4s3)c2)c(C)n1. The molecule has 0 atom stereocenters. The second-order valence-electron chi connectivity index (χ2n) is 6.22. The number of amides is 1. The smallest absolute Gasteiger partial charge is 0.257 e. The number of rotatable bonds is 3. The number of halogens is 1. The lowest BCUT2D eigenvalue weighted by Gasteiger charge is -2.09. The average molecular weight is 394 g/mol. The molecule has 1 N–H and O–H groups in total. The molecule has 0 aliphatic carbocycles. The number of carbonyl (C=O) groups is 1. The molecule has 0 saturated carbocycles. The van der Waals surface area contributed by atoms with Crippen LogP contribution in [0.4, 0.5) is 5.69 Å². The number of carbonyl (C=O) groups excluding carboxylic acids is 1. The van der Waals surface area contributed by atoms with E-state index in [-0.39, 0.29) is 5.91 Å². The van der Waals surface area contributed by atoms with E-state index in [0.29, 0.717) is 22.0 Å². The van der Waals surface area contributed by atoms with E-state index in [4.69, 9.17) is 11.6 Å². The molecule has 0 fully saturated rings. The molecule has 4 nitrogen and oxygen atoms in total. The van der Waals surface area contributed by atoms with Crippen molar-refractivity contribution in [3.63, 3.8) is 0 Å². The molecular weight excluding hydrogens is 378 g/mol. The third-order valence-corrected chi connectivity index (χ3v) is 5.62. The van der Waals surface area contributed by atoms with Crippen LogP contribution >= 0.6 is 22.9 Å². The zero-order chi connectivity index (χ0) is 19.0. The van der Waals surface area contributed by atoms with Gasteiger partial charge < -0.3 is 5.32 Å². The van der Waals surface area contributed by atoms with Gasteiger partial charge in [0.05, 0.1) is 26.5 Å². The molecular formula is C21H16ClN3OS. The number of benzene rings is 2. The molecule has 4 aromatic rings. The Morgan fingerprint density at radius 1 is 1.04 bits per heavy atom. The van der Waals surface area contributed by atoms with Gasteiger partial charge in [-0.05, 0) is 56.3 Å². The molecule has 0 aliphatic rings. The van der Waals surface area contributed by atoms with E-state index in [2.05, 4.69) is 15.3 Å². The van der Waals surface area contributed by atoms with Gasteiger partial charge in [0.1, 0.15) is 5.01 Å². The van der Waals surface area contributed by atoms with E-state index in [1.807, 2.05) is 50.2 Å². The van der Waals surface area contributed by atoms with Crippen LogP contribution < -0.4 is 5.32 Å². The summed E-state index contributed by atoms with van der Waals surface area (Å²) in [5.74, 6) is -0.197. The lowest BCUT2D eigenvalue weighted by molar-refractivity contribution is 0.102. The third-order valence-electron chi connectivity index (χ3n) is 4.22. The van der Waals surface area contributed by atoms with Crippen LogP contribution in [0.15, 0.2) is 54.6 Å². The van der Waals surface area contributed by atoms with Crippen molar-refractivity contribution in [3.05, 3.63) is 76.6 Å². The molecule has 134 valence electrons. The minimum atomic E-state index is -0.197. The molecule has 4 rings (SSSR count). The van der Waals surface area contributed by atoms with Crippen LogP contribution in [0.1, 0.15) is 21.7 Å². The van der Waals surface area contributed by atoms with Crippen LogP contribution in [0.5, 0.6) is 0 Å². The minimum absolute atomic E-state index is 0.197. The summed E-state index contributed by atoms with van der Waals surface area (Å²) in [5, 5.41) is 4.35. The van der Waals surface area contributed by atoms with Crippen LogP contribution in [-0.2, 0) is 0 Å². The molecule has 0 saturated heterocycles. The van der Waals surface area contributed by atoms with Crippen LogP contribution in [0.2, 0.25) is 5.02 Å². The van der Waals surface area contributed by atoms with Crippen LogP contribution in [0, 0.1) is 13.8 Å². The van der Waals surface area contributed by atoms with Gasteiger partial charge in [-0.1, -0.05) is 23.7 Å². The first kappa shape index (κ1) is 17.6. The maximum Gasteiger partial charge on any atom is 0.257 e. The molecule has 27 heavy (non-hydrogen) atoms. The summed E-state index contributed by atoms with van der Waals surface area (Å²) in [6.07, 6.45) is 0. The van der Waals surface area contributed by atoms with Crippen LogP contribution in [0.3, 0.4) is 0 Å². The van der Waals surface area contributed by atoms with Crippen molar-refractivity contribution in [1.29, 1.82) is 0 Å². The molecule has 2 heterocycles. The molecule has 2 aromatic heterocycles. The van der Waals surface area contributed by atoms with E-state index < -0.39 is 0 Å². The number of nitrogens with one attached hydrogen (secondary N) is 1. The van der Waals surface area contributed by atoms with Gasteiger partial charge in [-0.3, -0.25) is 9.78 Å². The first-order valence-corrected chi connectivity index (χ1v) is 9.62. The highest BCUT2D eigenvalue weighted by Crippen LogP contribution is 2.36. The fraction of sp³-hybridized carbons (Fsp3) is 0.0952. The van der Waals surface area contributed by atoms with Crippen molar-refractivity contribution in [3.8, 4) is 10.6 Å². The standard InChI is InChI=1S/C21H16ClN3OS/c1-12-7-9-15(13(2)23-12)20(26)24-14-8-10-17(22)16(11-14)21-25-18-5-3-4-6-19(18)27-21/h3-11H,1-2H3,(H,24,26). The van der Waals surface area contributed by atoms with E-state index in [1.165, 1.54) is 0 Å². The Morgan fingerprint density at radius 3 is 2.63 bits per heavy atom. The third kappa shape index (κ3) is 3.56. The molecule has 1 amide bonds. The Bertz CT molecular complexity index is 1140. The van der Waals surface area contributed by atoms with Crippen molar-refractivity contribution >= 4 is 44.7 Å². The summed E-state index contributed by atoms with van der Waals surface area (Å²) in [6.45, 7) is 3.73. The van der Waals surface area contributed by atoms with Gasteiger partial charge in [-0.2, -0.15) is 0 Å². The summed E-state index contributed by atoms with van der Waals surface area (Å²) < 4.78 is 1.10. The normalized spacial score (nSPS) is 10.9. The fourth-order valence-electron chi connectivity index (χ4n) is 2.88. The van der Waals surface area contributed by atoms with Crippen molar-refractivity contribution < 1.29 is 4.79 Å². The maximum absolute atomic E-state index is 12.6. The predicted octanol–water partition coefficient (Wildman–Crippen LogP) is 5.88. The van der Waals surface area contributed by atoms with Gasteiger partial charge >= 0.3 is 0 Å². The zero-order valence-electron chi connectivity index (χ0n) is 14.8. The van der Waals surface area contributed by atoms with E-state index in [1.54, 1.807) is 29.5 Å². The van der Waals surface area contributed by atoms with Gasteiger partial charge in [0.2, 0.25) is 0 Å². The highest BCUT2D eigenvalue weighted by molar-refractivity contribution is 7.21. The number of para-hydroxylation sites is 1. The largest absolute Gasteiger partial charge is 0.322 e. The first-order chi connectivity index (χ1) is 13.0. The predicted molar refractivity (Wildman–Crippen MR) is 112 cm³/mol. The number of fused-ring (bicyclic) bond motifs is 1. The Hall–Kier alpha value is -2.76. The molecule has 0 radical (unpaired) electrons. The maximum atomic E-state index is 12.6. The average Bonchev–Trinajstić information content (AvgIpc) is 3.07. The number of hydrogen-bond acceptors (Lipinski definition) is 4. The minimum Gasteiger partial charge on any atom is -0.322 e. The molecule has 0 aliphatic heterocycles. The second kappa shape index (κ2) is 7.10. The number of thiazole rings is 1. The van der Waals surface area contributed by atoms with E-state index in [9.17, 15) is 4.79 Å². The van der Waals surface area contributed by atoms with Crippen molar-refractivity contribution in [2.45, 2.75) is 13.8 Å². The number of aromatic nitrogens is 2. The van der Waals surface area contributed by atoms with Gasteiger partial charge in [0.15, 0.2) is 0 Å². The number of anilines is 1. The number of aryl methyl sites for hydroxylation is 2. The molecule has 6 heteroatoms. The Kier molecular flexibility index (Phi) is 4.64. The Morgan fingerprint density at radius 2 is 1.85 bits per heavy atom. The summed E-state index contributed by atoms with van der Waals surface area (Å²) in [4.78, 5) is 21.6. The van der Waals surface area contributed by atoms with Crippen LogP contribution in [-0.4, -0.2) is 15.9 Å². The summed E-state index contributed by atoms with van der Waals surface area (Å²) in [6, 6.07) is 17.0. The van der Waals surface area contributed by atoms with Gasteiger partial charge in [-0.25, -0.2) is 4.98 Å². The second-order valence-corrected chi connectivity index (χ2v) is 7.66. The number of nitrogens with zero attached hydrogens (tertiary/aromatic N) is 2. The highest BCUT2D eigenvalue weighted by atomic mass is 35.5. The van der Waals surface area contributed by atoms with Crippen LogP contribution in [0.25, 0.3) is 20.8 Å². The molecule has 2 aromatic carbocycles. The van der Waals surface area contributed by atoms with Crippen molar-refractivity contribution in [2.75, 3.05) is 5.32 Å². The number of pyridine rings is 1. The zero-order valence-corrected chi connectivity index (χ0v) is 16.4. The molecule has 0 unspecified atom stereocenters. The first-order valence-electron chi connectivity index (χ1n) is 8.42. The summed E-state index contributed by atoms with van der Waals surface area (Å²) in [7, 11) is 0. The highest BCUT2D eigenvalue weighted by Gasteiger charge is 2.14. The topological polar surface area (TPSA) is 54.9 Å². The van der Waals surface area contributed by atoms with Gasteiger partial charge in [0.25, 0.3) is 5.91 Å². The Labute approximate surface area is 165 Å². The quantitative estimate of drug-likeness (QED) is 0.472. The molecule has 0 spiro atoms. The van der Waals surface area contributed by atoms with E-state index >= 15 is 0 Å². The summed E-state index contributed by atoms with van der Waals surface area (Å²) in [5.41, 5.74) is 4.54. The number of hydrogen-bond donors (Lipinski definition) is 1. The fourth-order valence-corrected chi connectivity index (χ4v) is 4.14. The monoisotopic (exact) mass is 393 g/mol. The van der Waals surface area contributed by atoms with Gasteiger partial charge in [-0.15, -0.1) is 11.3 Å². The van der Waals surface area contributed by atoms with Gasteiger partial charge in [0, 0.05) is 16.9 Å². The molecule has 0 bridgehead atoms. The lowest BCUT2D eigenvalue weighted by atomic mass is 10.1.